The lowest BCUT2D eigenvalue weighted by atomic mass is 10.2. The summed E-state index contributed by atoms with van der Waals surface area (Å²) in [6.07, 6.45) is 0. The number of amides is 1. The van der Waals surface area contributed by atoms with E-state index in [1.54, 1.807) is 6.07 Å². The summed E-state index contributed by atoms with van der Waals surface area (Å²) in [7, 11) is 0. The number of hydrogen-bond acceptors (Lipinski definition) is 5. The van der Waals surface area contributed by atoms with E-state index in [0.717, 1.165) is 24.6 Å². The molecule has 1 unspecified atom stereocenters. The summed E-state index contributed by atoms with van der Waals surface area (Å²) in [5.41, 5.74) is 0. The highest BCUT2D eigenvalue weighted by Gasteiger charge is 2.22. The number of nitrogens with one attached hydrogen (secondary N) is 1. The Labute approximate surface area is 119 Å². The SMILES string of the molecule is CC(C(=O)NCc1cc(Br)no1)N1CCSCC1. The van der Waals surface area contributed by atoms with Gasteiger partial charge in [0.1, 0.15) is 4.60 Å². The number of rotatable bonds is 4. The Kier molecular flexibility index (Phi) is 5.08. The molecular formula is C11H16BrN3O2S. The van der Waals surface area contributed by atoms with E-state index in [4.69, 9.17) is 4.52 Å². The maximum atomic E-state index is 12.0. The molecule has 2 rings (SSSR count). The summed E-state index contributed by atoms with van der Waals surface area (Å²) in [5, 5.41) is 6.57. The molecule has 1 aromatic heterocycles. The van der Waals surface area contributed by atoms with Gasteiger partial charge < -0.3 is 9.84 Å². The number of aromatic nitrogens is 1. The van der Waals surface area contributed by atoms with Crippen LogP contribution in [0.4, 0.5) is 0 Å². The lowest BCUT2D eigenvalue weighted by molar-refractivity contribution is -0.126. The van der Waals surface area contributed by atoms with Crippen molar-refractivity contribution in [2.24, 2.45) is 0 Å². The Morgan fingerprint density at radius 2 is 2.39 bits per heavy atom. The fourth-order valence-corrected chi connectivity index (χ4v) is 3.08. The van der Waals surface area contributed by atoms with Crippen LogP contribution >= 0.6 is 27.7 Å². The third-order valence-electron chi connectivity index (χ3n) is 2.94. The van der Waals surface area contributed by atoms with Crippen LogP contribution in [0.5, 0.6) is 0 Å². The molecule has 1 fully saturated rings. The van der Waals surface area contributed by atoms with Gasteiger partial charge in [0.25, 0.3) is 0 Å². The molecule has 1 N–H and O–H groups in total. The van der Waals surface area contributed by atoms with Crippen molar-refractivity contribution in [3.8, 4) is 0 Å². The Balaban J connectivity index is 1.79. The van der Waals surface area contributed by atoms with Gasteiger partial charge in [-0.1, -0.05) is 5.16 Å². The molecule has 5 nitrogen and oxygen atoms in total. The fraction of sp³-hybridized carbons (Fsp3) is 0.636. The van der Waals surface area contributed by atoms with Crippen molar-refractivity contribution in [1.82, 2.24) is 15.4 Å². The van der Waals surface area contributed by atoms with Gasteiger partial charge in [0.2, 0.25) is 5.91 Å². The molecule has 0 radical (unpaired) electrons. The molecule has 1 amide bonds. The molecule has 7 heteroatoms. The van der Waals surface area contributed by atoms with E-state index in [2.05, 4.69) is 31.3 Å². The third kappa shape index (κ3) is 3.73. The molecule has 1 aliphatic rings. The Morgan fingerprint density at radius 3 is 3.00 bits per heavy atom. The van der Waals surface area contributed by atoms with E-state index in [9.17, 15) is 4.79 Å². The first kappa shape index (κ1) is 13.9. The molecule has 1 saturated heterocycles. The predicted octanol–water partition coefficient (Wildman–Crippen LogP) is 1.49. The number of hydrogen-bond donors (Lipinski definition) is 1. The number of thioether (sulfide) groups is 1. The molecule has 0 aliphatic carbocycles. The summed E-state index contributed by atoms with van der Waals surface area (Å²) < 4.78 is 5.66. The Bertz CT molecular complexity index is 407. The lowest BCUT2D eigenvalue weighted by Gasteiger charge is -2.30. The average Bonchev–Trinajstić information content (AvgIpc) is 2.82. The number of nitrogens with zero attached hydrogens (tertiary/aromatic N) is 2. The van der Waals surface area contributed by atoms with Crippen molar-refractivity contribution >= 4 is 33.6 Å². The normalized spacial score (nSPS) is 18.6. The average molecular weight is 334 g/mol. The second kappa shape index (κ2) is 6.58. The van der Waals surface area contributed by atoms with E-state index in [0.29, 0.717) is 16.9 Å². The summed E-state index contributed by atoms with van der Waals surface area (Å²) in [5.74, 6) is 2.89. The van der Waals surface area contributed by atoms with Crippen molar-refractivity contribution in [2.45, 2.75) is 19.5 Å². The van der Waals surface area contributed by atoms with Crippen LogP contribution in [-0.4, -0.2) is 46.6 Å². The van der Waals surface area contributed by atoms with Crippen LogP contribution < -0.4 is 5.32 Å². The van der Waals surface area contributed by atoms with E-state index in [-0.39, 0.29) is 11.9 Å². The van der Waals surface area contributed by atoms with Gasteiger partial charge in [-0.05, 0) is 22.9 Å². The molecule has 1 aromatic rings. The second-order valence-electron chi connectivity index (χ2n) is 4.16. The Morgan fingerprint density at radius 1 is 1.67 bits per heavy atom. The molecule has 1 aliphatic heterocycles. The van der Waals surface area contributed by atoms with Gasteiger partial charge in [-0.3, -0.25) is 9.69 Å². The van der Waals surface area contributed by atoms with Crippen molar-refractivity contribution < 1.29 is 9.32 Å². The minimum absolute atomic E-state index is 0.0365. The molecule has 0 spiro atoms. The zero-order valence-corrected chi connectivity index (χ0v) is 12.6. The van der Waals surface area contributed by atoms with E-state index >= 15 is 0 Å². The fourth-order valence-electron chi connectivity index (χ4n) is 1.82. The minimum Gasteiger partial charge on any atom is -0.358 e. The summed E-state index contributed by atoms with van der Waals surface area (Å²) >= 11 is 5.14. The monoisotopic (exact) mass is 333 g/mol. The van der Waals surface area contributed by atoms with Crippen LogP contribution in [0.3, 0.4) is 0 Å². The van der Waals surface area contributed by atoms with E-state index < -0.39 is 0 Å². The standard InChI is InChI=1S/C11H16BrN3O2S/c1-8(15-2-4-18-5-3-15)11(16)13-7-9-6-10(12)14-17-9/h6,8H,2-5,7H2,1H3,(H,13,16). The maximum Gasteiger partial charge on any atom is 0.237 e. The quantitative estimate of drug-likeness (QED) is 0.904. The molecule has 18 heavy (non-hydrogen) atoms. The molecular weight excluding hydrogens is 318 g/mol. The molecule has 0 bridgehead atoms. The van der Waals surface area contributed by atoms with Crippen molar-refractivity contribution in [1.29, 1.82) is 0 Å². The van der Waals surface area contributed by atoms with Gasteiger partial charge in [0.05, 0.1) is 12.6 Å². The lowest BCUT2D eigenvalue weighted by Crippen LogP contribution is -2.48. The second-order valence-corrected chi connectivity index (χ2v) is 6.20. The zero-order chi connectivity index (χ0) is 13.0. The largest absolute Gasteiger partial charge is 0.358 e. The number of halogens is 1. The number of carbonyl (C=O) groups excluding carboxylic acids is 1. The van der Waals surface area contributed by atoms with E-state index in [1.807, 2.05) is 18.7 Å². The van der Waals surface area contributed by atoms with Crippen LogP contribution in [-0.2, 0) is 11.3 Å². The number of carbonyl (C=O) groups is 1. The summed E-state index contributed by atoms with van der Waals surface area (Å²) in [4.78, 5) is 14.2. The van der Waals surface area contributed by atoms with Gasteiger partial charge in [-0.2, -0.15) is 11.8 Å². The van der Waals surface area contributed by atoms with Gasteiger partial charge in [0.15, 0.2) is 5.76 Å². The summed E-state index contributed by atoms with van der Waals surface area (Å²) in [6, 6.07) is 1.67. The molecule has 1 atom stereocenters. The van der Waals surface area contributed by atoms with Crippen LogP contribution in [0.25, 0.3) is 0 Å². The van der Waals surface area contributed by atoms with Crippen molar-refractivity contribution in [3.63, 3.8) is 0 Å². The van der Waals surface area contributed by atoms with Gasteiger partial charge >= 0.3 is 0 Å². The summed E-state index contributed by atoms with van der Waals surface area (Å²) in [6.45, 7) is 4.28. The van der Waals surface area contributed by atoms with Crippen molar-refractivity contribution in [2.75, 3.05) is 24.6 Å². The molecule has 0 aromatic carbocycles. The molecule has 0 saturated carbocycles. The van der Waals surface area contributed by atoms with Crippen LogP contribution in [0.15, 0.2) is 15.2 Å². The van der Waals surface area contributed by atoms with Crippen molar-refractivity contribution in [3.05, 3.63) is 16.4 Å². The first-order chi connectivity index (χ1) is 8.66. The highest BCUT2D eigenvalue weighted by Crippen LogP contribution is 2.13. The zero-order valence-electron chi connectivity index (χ0n) is 10.2. The van der Waals surface area contributed by atoms with Gasteiger partial charge in [0, 0.05) is 30.7 Å². The highest BCUT2D eigenvalue weighted by molar-refractivity contribution is 9.10. The van der Waals surface area contributed by atoms with E-state index in [1.165, 1.54) is 0 Å². The topological polar surface area (TPSA) is 58.4 Å². The van der Waals surface area contributed by atoms with Gasteiger partial charge in [-0.15, -0.1) is 0 Å². The highest BCUT2D eigenvalue weighted by atomic mass is 79.9. The van der Waals surface area contributed by atoms with Crippen LogP contribution in [0, 0.1) is 0 Å². The molecule has 100 valence electrons. The third-order valence-corrected chi connectivity index (χ3v) is 4.26. The minimum atomic E-state index is -0.0859. The first-order valence-electron chi connectivity index (χ1n) is 5.87. The first-order valence-corrected chi connectivity index (χ1v) is 7.82. The smallest absolute Gasteiger partial charge is 0.237 e. The van der Waals surface area contributed by atoms with Crippen LogP contribution in [0.2, 0.25) is 0 Å². The molecule has 2 heterocycles. The maximum absolute atomic E-state index is 12.0. The van der Waals surface area contributed by atoms with Crippen LogP contribution in [0.1, 0.15) is 12.7 Å². The van der Waals surface area contributed by atoms with Gasteiger partial charge in [-0.25, -0.2) is 0 Å². The Hall–Kier alpha value is -0.530. The predicted molar refractivity (Wildman–Crippen MR) is 74.4 cm³/mol.